The monoisotopic (exact) mass is 283 g/mol. The number of nitrogens with two attached hydrogens (primary N) is 1. The lowest BCUT2D eigenvalue weighted by atomic mass is 10.1. The Labute approximate surface area is 125 Å². The lowest BCUT2D eigenvalue weighted by molar-refractivity contribution is 0.755. The van der Waals surface area contributed by atoms with Crippen molar-refractivity contribution in [2.24, 2.45) is 5.84 Å². The van der Waals surface area contributed by atoms with Crippen LogP contribution in [0.15, 0.2) is 24.3 Å². The second-order valence-electron chi connectivity index (χ2n) is 5.45. The fourth-order valence-corrected chi connectivity index (χ4v) is 2.93. The fourth-order valence-electron chi connectivity index (χ4n) is 2.93. The largest absolute Gasteiger partial charge is 0.326 e. The average molecular weight is 283 g/mol. The van der Waals surface area contributed by atoms with Crippen molar-refractivity contribution in [3.63, 3.8) is 0 Å². The highest BCUT2D eigenvalue weighted by Gasteiger charge is 2.21. The Morgan fingerprint density at radius 2 is 1.95 bits per heavy atom. The third-order valence-corrected chi connectivity index (χ3v) is 3.98. The van der Waals surface area contributed by atoms with Crippen LogP contribution in [0.1, 0.15) is 29.8 Å². The van der Waals surface area contributed by atoms with Crippen molar-refractivity contribution in [3.05, 3.63) is 41.2 Å². The molecule has 0 unspecified atom stereocenters. The molecule has 0 radical (unpaired) electrons. The highest BCUT2D eigenvalue weighted by atomic mass is 15.3. The molecule has 3 rings (SSSR count). The second kappa shape index (κ2) is 5.69. The van der Waals surface area contributed by atoms with E-state index in [0.29, 0.717) is 5.82 Å². The third-order valence-electron chi connectivity index (χ3n) is 3.98. The summed E-state index contributed by atoms with van der Waals surface area (Å²) < 4.78 is 0. The molecule has 0 amide bonds. The summed E-state index contributed by atoms with van der Waals surface area (Å²) in [4.78, 5) is 11.3. The van der Waals surface area contributed by atoms with E-state index in [9.17, 15) is 0 Å². The van der Waals surface area contributed by atoms with Crippen molar-refractivity contribution >= 4 is 17.3 Å². The van der Waals surface area contributed by atoms with Crippen LogP contribution >= 0.6 is 0 Å². The van der Waals surface area contributed by atoms with E-state index >= 15 is 0 Å². The highest BCUT2D eigenvalue weighted by Crippen LogP contribution is 2.34. The molecule has 21 heavy (non-hydrogen) atoms. The van der Waals surface area contributed by atoms with Crippen LogP contribution in [-0.2, 0) is 6.42 Å². The van der Waals surface area contributed by atoms with Gasteiger partial charge in [-0.05, 0) is 44.7 Å². The molecule has 0 aliphatic carbocycles. The molecule has 0 fully saturated rings. The van der Waals surface area contributed by atoms with Crippen LogP contribution in [0.3, 0.4) is 0 Å². The number of aromatic nitrogens is 2. The number of anilines is 3. The molecular weight excluding hydrogens is 262 g/mol. The standard InChI is InChI=1S/C16H21N5/c1-11-15(20-17)18-12(2)19-16(11)21-10-6-5-8-13-7-3-4-9-14(13)21/h3-4,7,9H,5-6,8,10,17H2,1-2H3,(H,18,19,20). The Kier molecular flexibility index (Phi) is 3.75. The molecule has 2 aromatic rings. The van der Waals surface area contributed by atoms with Crippen LogP contribution in [0.5, 0.6) is 0 Å². The fraction of sp³-hybridized carbons (Fsp3) is 0.375. The number of nitrogens with one attached hydrogen (secondary N) is 1. The number of aryl methyl sites for hydroxylation is 2. The Bertz CT molecular complexity index is 653. The van der Waals surface area contributed by atoms with Gasteiger partial charge in [0, 0.05) is 17.8 Å². The summed E-state index contributed by atoms with van der Waals surface area (Å²) >= 11 is 0. The first-order valence-electron chi connectivity index (χ1n) is 7.38. The van der Waals surface area contributed by atoms with Gasteiger partial charge in [0.1, 0.15) is 17.5 Å². The van der Waals surface area contributed by atoms with E-state index in [0.717, 1.165) is 36.6 Å². The average Bonchev–Trinajstić information content (AvgIpc) is 2.71. The summed E-state index contributed by atoms with van der Waals surface area (Å²) in [6.07, 6.45) is 3.49. The number of nitrogen functional groups attached to an aromatic ring is 1. The molecule has 0 saturated heterocycles. The normalized spacial score (nSPS) is 14.5. The van der Waals surface area contributed by atoms with Crippen molar-refractivity contribution < 1.29 is 0 Å². The number of hydrogen-bond donors (Lipinski definition) is 2. The van der Waals surface area contributed by atoms with Crippen molar-refractivity contribution in [2.75, 3.05) is 16.9 Å². The van der Waals surface area contributed by atoms with E-state index in [4.69, 9.17) is 5.84 Å². The first-order chi connectivity index (χ1) is 10.2. The summed E-state index contributed by atoms with van der Waals surface area (Å²) in [5.74, 6) is 7.95. The summed E-state index contributed by atoms with van der Waals surface area (Å²) in [5, 5.41) is 0. The Morgan fingerprint density at radius 3 is 2.76 bits per heavy atom. The summed E-state index contributed by atoms with van der Waals surface area (Å²) in [5.41, 5.74) is 6.29. The minimum atomic E-state index is 0.694. The van der Waals surface area contributed by atoms with Gasteiger partial charge in [0.2, 0.25) is 0 Å². The van der Waals surface area contributed by atoms with Gasteiger partial charge in [-0.1, -0.05) is 18.2 Å². The predicted octanol–water partition coefficient (Wildman–Crippen LogP) is 2.85. The number of nitrogens with zero attached hydrogens (tertiary/aromatic N) is 3. The Balaban J connectivity index is 2.14. The van der Waals surface area contributed by atoms with Gasteiger partial charge >= 0.3 is 0 Å². The van der Waals surface area contributed by atoms with Crippen molar-refractivity contribution in [1.82, 2.24) is 9.97 Å². The number of hydrazine groups is 1. The van der Waals surface area contributed by atoms with Gasteiger partial charge in [0.15, 0.2) is 0 Å². The zero-order valence-electron chi connectivity index (χ0n) is 12.6. The molecule has 0 spiro atoms. The summed E-state index contributed by atoms with van der Waals surface area (Å²) in [6.45, 7) is 4.88. The topological polar surface area (TPSA) is 67.1 Å². The maximum Gasteiger partial charge on any atom is 0.148 e. The second-order valence-corrected chi connectivity index (χ2v) is 5.45. The molecular formula is C16H21N5. The van der Waals surface area contributed by atoms with Crippen molar-refractivity contribution in [2.45, 2.75) is 33.1 Å². The molecule has 0 bridgehead atoms. The number of benzene rings is 1. The molecule has 2 heterocycles. The molecule has 0 saturated carbocycles. The SMILES string of the molecule is Cc1nc(NN)c(C)c(N2CCCCc3ccccc32)n1. The molecule has 1 aromatic heterocycles. The smallest absolute Gasteiger partial charge is 0.148 e. The number of hydrogen-bond acceptors (Lipinski definition) is 5. The predicted molar refractivity (Wildman–Crippen MR) is 85.7 cm³/mol. The van der Waals surface area contributed by atoms with Crippen LogP contribution in [0, 0.1) is 13.8 Å². The van der Waals surface area contributed by atoms with Gasteiger partial charge in [-0.3, -0.25) is 0 Å². The van der Waals surface area contributed by atoms with E-state index in [-0.39, 0.29) is 0 Å². The lowest BCUT2D eigenvalue weighted by Crippen LogP contribution is -2.22. The molecule has 1 aliphatic heterocycles. The van der Waals surface area contributed by atoms with Gasteiger partial charge in [0.25, 0.3) is 0 Å². The molecule has 3 N–H and O–H groups in total. The van der Waals surface area contributed by atoms with Gasteiger partial charge in [0.05, 0.1) is 0 Å². The minimum Gasteiger partial charge on any atom is -0.326 e. The highest BCUT2D eigenvalue weighted by molar-refractivity contribution is 5.69. The zero-order chi connectivity index (χ0) is 14.8. The van der Waals surface area contributed by atoms with Crippen LogP contribution < -0.4 is 16.2 Å². The third kappa shape index (κ3) is 2.56. The minimum absolute atomic E-state index is 0.694. The summed E-state index contributed by atoms with van der Waals surface area (Å²) in [6, 6.07) is 8.57. The van der Waals surface area contributed by atoms with Gasteiger partial charge in [-0.2, -0.15) is 0 Å². The lowest BCUT2D eigenvalue weighted by Gasteiger charge is -2.26. The zero-order valence-corrected chi connectivity index (χ0v) is 12.6. The molecule has 1 aromatic carbocycles. The van der Waals surface area contributed by atoms with E-state index in [1.165, 1.54) is 17.7 Å². The number of rotatable bonds is 2. The van der Waals surface area contributed by atoms with Gasteiger partial charge < -0.3 is 10.3 Å². The quantitative estimate of drug-likeness (QED) is 0.655. The van der Waals surface area contributed by atoms with Crippen LogP contribution in [0.4, 0.5) is 17.3 Å². The van der Waals surface area contributed by atoms with Crippen LogP contribution in [0.2, 0.25) is 0 Å². The van der Waals surface area contributed by atoms with E-state index in [1.807, 2.05) is 13.8 Å². The Morgan fingerprint density at radius 1 is 1.14 bits per heavy atom. The molecule has 1 aliphatic rings. The molecule has 5 nitrogen and oxygen atoms in total. The Hall–Kier alpha value is -2.14. The van der Waals surface area contributed by atoms with Crippen LogP contribution in [0.25, 0.3) is 0 Å². The summed E-state index contributed by atoms with van der Waals surface area (Å²) in [7, 11) is 0. The maximum atomic E-state index is 5.58. The van der Waals surface area contributed by atoms with Crippen molar-refractivity contribution in [3.8, 4) is 0 Å². The van der Waals surface area contributed by atoms with E-state index in [2.05, 4.69) is 44.6 Å². The number of fused-ring (bicyclic) bond motifs is 1. The van der Waals surface area contributed by atoms with Crippen LogP contribution in [-0.4, -0.2) is 16.5 Å². The van der Waals surface area contributed by atoms with E-state index < -0.39 is 0 Å². The molecule has 110 valence electrons. The first kappa shape index (κ1) is 13.8. The van der Waals surface area contributed by atoms with Gasteiger partial charge in [-0.15, -0.1) is 0 Å². The maximum absolute atomic E-state index is 5.58. The van der Waals surface area contributed by atoms with Crippen molar-refractivity contribution in [1.29, 1.82) is 0 Å². The molecule has 5 heteroatoms. The molecule has 0 atom stereocenters. The van der Waals surface area contributed by atoms with E-state index in [1.54, 1.807) is 0 Å². The first-order valence-corrected chi connectivity index (χ1v) is 7.38. The van der Waals surface area contributed by atoms with Gasteiger partial charge in [-0.25, -0.2) is 15.8 Å². The number of para-hydroxylation sites is 1.